The third-order valence-electron chi connectivity index (χ3n) is 5.91. The first-order valence-corrected chi connectivity index (χ1v) is 13.4. The van der Waals surface area contributed by atoms with Crippen molar-refractivity contribution in [2.75, 3.05) is 12.6 Å². The molecular formula is C21H24IN4OS-. The SMILES string of the molecule is CCSC[I-]N1C(=O)C(C)(C)c2cc3[nH]c4c(c3cc21)CCCc1cn[nH]c1-4. The van der Waals surface area contributed by atoms with E-state index in [9.17, 15) is 4.79 Å². The summed E-state index contributed by atoms with van der Waals surface area (Å²) >= 11 is 1.59. The van der Waals surface area contributed by atoms with E-state index in [-0.39, 0.29) is 27.4 Å². The van der Waals surface area contributed by atoms with Crippen LogP contribution in [0.15, 0.2) is 18.3 Å². The van der Waals surface area contributed by atoms with Gasteiger partial charge in [0, 0.05) is 0 Å². The van der Waals surface area contributed by atoms with Crippen molar-refractivity contribution in [2.45, 2.75) is 45.4 Å². The van der Waals surface area contributed by atoms with E-state index in [1.807, 2.05) is 18.0 Å². The normalized spacial score (nSPS) is 17.7. The van der Waals surface area contributed by atoms with Crippen molar-refractivity contribution in [2.24, 2.45) is 0 Å². The number of carbonyl (C=O) groups is 1. The molecule has 2 N–H and O–H groups in total. The first kappa shape index (κ1) is 18.5. The molecule has 5 nitrogen and oxygen atoms in total. The number of halogens is 1. The molecule has 3 aromatic rings. The number of benzene rings is 1. The number of amides is 1. The summed E-state index contributed by atoms with van der Waals surface area (Å²) in [6.45, 7) is 6.32. The van der Waals surface area contributed by atoms with Crippen molar-refractivity contribution >= 4 is 34.3 Å². The number of H-pyrrole nitrogens is 2. The summed E-state index contributed by atoms with van der Waals surface area (Å²) in [6, 6.07) is 4.51. The van der Waals surface area contributed by atoms with Crippen LogP contribution in [0.2, 0.25) is 0 Å². The topological polar surface area (TPSA) is 64.8 Å². The number of fused-ring (bicyclic) bond motifs is 6. The number of nitrogens with one attached hydrogen (secondary N) is 2. The van der Waals surface area contributed by atoms with Crippen LogP contribution in [0, 0.1) is 0 Å². The molecule has 0 unspecified atom stereocenters. The van der Waals surface area contributed by atoms with Crippen LogP contribution in [0.1, 0.15) is 43.9 Å². The number of thioether (sulfide) groups is 1. The number of alkyl halides is 1. The van der Waals surface area contributed by atoms with E-state index in [0.29, 0.717) is 0 Å². The van der Waals surface area contributed by atoms with Gasteiger partial charge in [-0.15, -0.1) is 0 Å². The molecule has 0 saturated heterocycles. The van der Waals surface area contributed by atoms with Crippen molar-refractivity contribution in [3.05, 3.63) is 35.0 Å². The quantitative estimate of drug-likeness (QED) is 0.243. The number of anilines is 1. The van der Waals surface area contributed by atoms with Gasteiger partial charge in [0.1, 0.15) is 0 Å². The molecule has 1 aromatic carbocycles. The fraction of sp³-hybridized carbons (Fsp3) is 0.429. The summed E-state index contributed by atoms with van der Waals surface area (Å²) in [4.78, 5) is 16.8. The average molecular weight is 507 g/mol. The zero-order valence-electron chi connectivity index (χ0n) is 16.4. The van der Waals surface area contributed by atoms with Crippen molar-refractivity contribution < 1.29 is 26.3 Å². The Morgan fingerprint density at radius 2 is 2.14 bits per heavy atom. The molecule has 0 atom stereocenters. The van der Waals surface area contributed by atoms with Gasteiger partial charge in [0.15, 0.2) is 0 Å². The second kappa shape index (κ2) is 6.79. The zero-order valence-corrected chi connectivity index (χ0v) is 19.3. The van der Waals surface area contributed by atoms with Gasteiger partial charge in [0.05, 0.1) is 0 Å². The van der Waals surface area contributed by atoms with Gasteiger partial charge in [-0.2, -0.15) is 0 Å². The van der Waals surface area contributed by atoms with Gasteiger partial charge in [0.25, 0.3) is 0 Å². The van der Waals surface area contributed by atoms with Crippen LogP contribution < -0.4 is 24.6 Å². The van der Waals surface area contributed by atoms with Crippen LogP contribution in [0.5, 0.6) is 0 Å². The molecule has 0 bridgehead atoms. The van der Waals surface area contributed by atoms with Crippen molar-refractivity contribution in [3.63, 3.8) is 0 Å². The van der Waals surface area contributed by atoms with Gasteiger partial charge < -0.3 is 0 Å². The molecule has 3 heterocycles. The van der Waals surface area contributed by atoms with Crippen LogP contribution in [0.4, 0.5) is 5.69 Å². The minimum absolute atomic E-state index is 0.265. The molecule has 5 rings (SSSR count). The Labute approximate surface area is 179 Å². The van der Waals surface area contributed by atoms with Gasteiger partial charge in [-0.05, 0) is 0 Å². The molecule has 0 radical (unpaired) electrons. The second-order valence-electron chi connectivity index (χ2n) is 7.95. The number of nitrogens with zero attached hydrogens (tertiary/aromatic N) is 2. The molecule has 0 spiro atoms. The van der Waals surface area contributed by atoms with Gasteiger partial charge in [0.2, 0.25) is 0 Å². The fourth-order valence-corrected chi connectivity index (χ4v) is 9.09. The Morgan fingerprint density at radius 1 is 1.29 bits per heavy atom. The van der Waals surface area contributed by atoms with E-state index < -0.39 is 5.41 Å². The minimum atomic E-state index is -0.457. The van der Waals surface area contributed by atoms with E-state index in [0.717, 1.165) is 51.2 Å². The Balaban J connectivity index is 1.67. The Hall–Kier alpha value is -1.48. The van der Waals surface area contributed by atoms with Crippen LogP contribution in [0.3, 0.4) is 0 Å². The molecule has 0 saturated carbocycles. The maximum atomic E-state index is 13.2. The third kappa shape index (κ3) is 2.65. The fourth-order valence-electron chi connectivity index (χ4n) is 4.34. The van der Waals surface area contributed by atoms with Crippen molar-refractivity contribution in [1.82, 2.24) is 15.2 Å². The molecule has 2 aliphatic rings. The molecule has 2 aromatic heterocycles. The number of carbonyl (C=O) groups excluding carboxylic acids is 1. The number of rotatable bonds is 4. The Bertz CT molecular complexity index is 1080. The van der Waals surface area contributed by atoms with Gasteiger partial charge in [-0.1, -0.05) is 0 Å². The first-order valence-electron chi connectivity index (χ1n) is 9.75. The standard InChI is InChI=1S/C21H24IN4OS/c1-4-28-11-22-26-17-8-14-13-7-5-6-12-10-23-25-18(12)19(13)24-16(14)9-15(17)21(2,3)20(26)27/h8-10,24H,4-7,11H2,1-3H3,(H,23,25)/q-1. The molecule has 0 fully saturated rings. The zero-order chi connectivity index (χ0) is 19.5. The molecular weight excluding hydrogens is 483 g/mol. The summed E-state index contributed by atoms with van der Waals surface area (Å²) in [5, 5.41) is 8.73. The van der Waals surface area contributed by atoms with Gasteiger partial charge in [-0.3, -0.25) is 0 Å². The van der Waals surface area contributed by atoms with E-state index in [1.54, 1.807) is 0 Å². The van der Waals surface area contributed by atoms with E-state index >= 15 is 0 Å². The van der Waals surface area contributed by atoms with Gasteiger partial charge in [-0.25, -0.2) is 0 Å². The average Bonchev–Trinajstić information content (AvgIpc) is 3.29. The molecule has 7 heteroatoms. The molecule has 1 aliphatic heterocycles. The molecule has 28 heavy (non-hydrogen) atoms. The van der Waals surface area contributed by atoms with Gasteiger partial charge >= 0.3 is 180 Å². The van der Waals surface area contributed by atoms with E-state index in [4.69, 9.17) is 0 Å². The number of aromatic amines is 2. The summed E-state index contributed by atoms with van der Waals surface area (Å²) in [7, 11) is 0. The predicted molar refractivity (Wildman–Crippen MR) is 111 cm³/mol. The van der Waals surface area contributed by atoms with Crippen LogP contribution in [-0.2, 0) is 23.1 Å². The summed E-state index contributed by atoms with van der Waals surface area (Å²) in [5.74, 6) is 1.37. The predicted octanol–water partition coefficient (Wildman–Crippen LogP) is 1.39. The van der Waals surface area contributed by atoms with Crippen LogP contribution >= 0.6 is 11.8 Å². The summed E-state index contributed by atoms with van der Waals surface area (Å²) in [5.41, 5.74) is 7.93. The van der Waals surface area contributed by atoms with E-state index in [2.05, 4.69) is 51.2 Å². The molecule has 1 amide bonds. The second-order valence-corrected chi connectivity index (χ2v) is 12.7. The van der Waals surface area contributed by atoms with Crippen molar-refractivity contribution in [3.8, 4) is 11.4 Å². The summed E-state index contributed by atoms with van der Waals surface area (Å²) in [6.07, 6.45) is 5.18. The monoisotopic (exact) mass is 507 g/mol. The number of hydrogen-bond donors (Lipinski definition) is 2. The first-order chi connectivity index (χ1) is 13.5. The number of hydrogen-bond acceptors (Lipinski definition) is 3. The molecule has 148 valence electrons. The summed E-state index contributed by atoms with van der Waals surface area (Å²) < 4.78 is 3.20. The van der Waals surface area contributed by atoms with Crippen LogP contribution in [0.25, 0.3) is 22.3 Å². The van der Waals surface area contributed by atoms with E-state index in [1.165, 1.54) is 22.2 Å². The van der Waals surface area contributed by atoms with Crippen molar-refractivity contribution in [1.29, 1.82) is 0 Å². The Morgan fingerprint density at radius 3 is 2.96 bits per heavy atom. The number of aryl methyl sites for hydroxylation is 2. The Kier molecular flexibility index (Phi) is 4.50. The number of aromatic nitrogens is 3. The third-order valence-corrected chi connectivity index (χ3v) is 10.4. The van der Waals surface area contributed by atoms with Crippen LogP contribution in [-0.4, -0.2) is 30.6 Å². The maximum absolute atomic E-state index is 13.2. The molecule has 1 aliphatic carbocycles.